The van der Waals surface area contributed by atoms with Gasteiger partial charge in [0.05, 0.1) is 11.1 Å². The number of hydrogen-bond donors (Lipinski definition) is 1. The Morgan fingerprint density at radius 2 is 1.79 bits per heavy atom. The maximum Gasteiger partial charge on any atom is 0.586 e. The fourth-order valence-corrected chi connectivity index (χ4v) is 4.34. The molecule has 1 aliphatic carbocycles. The van der Waals surface area contributed by atoms with E-state index < -0.39 is 11.7 Å². The summed E-state index contributed by atoms with van der Waals surface area (Å²) in [4.78, 5) is 32.6. The Bertz CT molecular complexity index is 1360. The number of ketones is 1. The molecule has 170 valence electrons. The van der Waals surface area contributed by atoms with Crippen LogP contribution in [0.25, 0.3) is 11.3 Å². The highest BCUT2D eigenvalue weighted by atomic mass is 19.3. The van der Waals surface area contributed by atoms with Crippen LogP contribution in [-0.2, 0) is 16.6 Å². The normalized spacial score (nSPS) is 17.1. The first-order chi connectivity index (χ1) is 15.6. The zero-order valence-electron chi connectivity index (χ0n) is 18.4. The second kappa shape index (κ2) is 7.23. The van der Waals surface area contributed by atoms with E-state index >= 15 is 0 Å². The Kier molecular flexibility index (Phi) is 4.67. The predicted octanol–water partition coefficient (Wildman–Crippen LogP) is 4.53. The predicted molar refractivity (Wildman–Crippen MR) is 117 cm³/mol. The van der Waals surface area contributed by atoms with Crippen LogP contribution in [0.4, 0.5) is 8.78 Å². The first-order valence-corrected chi connectivity index (χ1v) is 10.7. The summed E-state index contributed by atoms with van der Waals surface area (Å²) in [6.07, 6.45) is -0.680. The Hall–Kier alpha value is -3.55. The molecular formula is C25H22F2N2O4. The molecule has 0 unspecified atom stereocenters. The highest BCUT2D eigenvalue weighted by Crippen LogP contribution is 2.52. The van der Waals surface area contributed by atoms with Crippen LogP contribution in [0.2, 0.25) is 0 Å². The number of ether oxygens (including phenoxy) is 2. The van der Waals surface area contributed by atoms with Crippen molar-refractivity contribution in [2.45, 2.75) is 51.7 Å². The number of H-pyrrole nitrogens is 1. The lowest BCUT2D eigenvalue weighted by atomic mass is 9.88. The molecule has 0 bridgehead atoms. The Labute approximate surface area is 188 Å². The van der Waals surface area contributed by atoms with Gasteiger partial charge in [-0.1, -0.05) is 6.07 Å². The van der Waals surface area contributed by atoms with Crippen LogP contribution in [0.3, 0.4) is 0 Å². The van der Waals surface area contributed by atoms with Crippen LogP contribution >= 0.6 is 0 Å². The van der Waals surface area contributed by atoms with Gasteiger partial charge in [0.1, 0.15) is 5.78 Å². The molecule has 2 aliphatic rings. The van der Waals surface area contributed by atoms with Gasteiger partial charge in [0.25, 0.3) is 5.56 Å². The molecule has 0 spiro atoms. The third-order valence-corrected chi connectivity index (χ3v) is 6.53. The number of nitrogens with zero attached hydrogens (tertiary/aromatic N) is 1. The maximum atomic E-state index is 13.4. The average Bonchev–Trinajstić information content (AvgIpc) is 3.50. The molecule has 3 heterocycles. The number of rotatable bonds is 5. The zero-order chi connectivity index (χ0) is 23.5. The molecule has 1 saturated carbocycles. The minimum absolute atomic E-state index is 0.0209. The standard InChI is InChI=1S/C25H22F2N2O4/c1-13-9-18(29-22(15(13)3)16-8-14(2)23(31)28-12-16)11-21(30)24(6-7-24)17-4-5-19-20(10-17)33-25(26,27)32-19/h4-5,8-10,12H,6-7,11H2,1-3H3,(H,28,31). The van der Waals surface area contributed by atoms with E-state index in [0.717, 1.165) is 16.7 Å². The minimum atomic E-state index is -3.69. The SMILES string of the molecule is Cc1cc(CC(=O)C2(c3ccc4c(c3)OC(F)(F)O4)CC2)nc(-c2c[nH]c(=O)c(C)c2)c1C. The first-order valence-electron chi connectivity index (χ1n) is 10.7. The lowest BCUT2D eigenvalue weighted by molar-refractivity contribution is -0.286. The lowest BCUT2D eigenvalue weighted by Crippen LogP contribution is -2.26. The van der Waals surface area contributed by atoms with Gasteiger partial charge in [-0.2, -0.15) is 0 Å². The molecule has 1 N–H and O–H groups in total. The number of carbonyl (C=O) groups is 1. The van der Waals surface area contributed by atoms with Gasteiger partial charge in [-0.3, -0.25) is 14.6 Å². The summed E-state index contributed by atoms with van der Waals surface area (Å²) in [5, 5.41) is 0. The van der Waals surface area contributed by atoms with Gasteiger partial charge in [0, 0.05) is 29.4 Å². The molecule has 8 heteroatoms. The molecule has 6 nitrogen and oxygen atoms in total. The first kappa shape index (κ1) is 21.3. The van der Waals surface area contributed by atoms with E-state index in [0.29, 0.717) is 35.4 Å². The number of pyridine rings is 2. The molecule has 0 amide bonds. The van der Waals surface area contributed by atoms with Gasteiger partial charge in [-0.25, -0.2) is 0 Å². The van der Waals surface area contributed by atoms with Gasteiger partial charge in [-0.05, 0) is 74.6 Å². The van der Waals surface area contributed by atoms with Crippen molar-refractivity contribution in [2.75, 3.05) is 0 Å². The largest absolute Gasteiger partial charge is 0.586 e. The molecular weight excluding hydrogens is 430 g/mol. The van der Waals surface area contributed by atoms with E-state index in [1.54, 1.807) is 25.3 Å². The van der Waals surface area contributed by atoms with Crippen molar-refractivity contribution in [1.29, 1.82) is 0 Å². The molecule has 0 saturated heterocycles. The Balaban J connectivity index is 1.44. The molecule has 3 aromatic rings. The number of Topliss-reactive ketones (excluding diaryl/α,β-unsaturated/α-hetero) is 1. The van der Waals surface area contributed by atoms with E-state index in [1.807, 2.05) is 19.9 Å². The van der Waals surface area contributed by atoms with Crippen molar-refractivity contribution in [2.24, 2.45) is 0 Å². The number of aromatic nitrogens is 2. The van der Waals surface area contributed by atoms with Crippen LogP contribution in [-0.4, -0.2) is 22.0 Å². The number of carbonyl (C=O) groups excluding carboxylic acids is 1. The number of halogens is 2. The number of aryl methyl sites for hydroxylation is 2. The summed E-state index contributed by atoms with van der Waals surface area (Å²) >= 11 is 0. The maximum absolute atomic E-state index is 13.4. The van der Waals surface area contributed by atoms with E-state index in [-0.39, 0.29) is 29.3 Å². The van der Waals surface area contributed by atoms with Crippen molar-refractivity contribution >= 4 is 5.78 Å². The van der Waals surface area contributed by atoms with Crippen molar-refractivity contribution in [3.8, 4) is 22.8 Å². The summed E-state index contributed by atoms with van der Waals surface area (Å²) < 4.78 is 35.8. The lowest BCUT2D eigenvalue weighted by Gasteiger charge is -2.16. The van der Waals surface area contributed by atoms with Crippen LogP contribution < -0.4 is 15.0 Å². The third kappa shape index (κ3) is 3.69. The number of benzene rings is 1. The number of alkyl halides is 2. The highest BCUT2D eigenvalue weighted by Gasteiger charge is 2.52. The number of aromatic amines is 1. The highest BCUT2D eigenvalue weighted by molar-refractivity contribution is 5.94. The molecule has 1 fully saturated rings. The zero-order valence-corrected chi connectivity index (χ0v) is 18.4. The van der Waals surface area contributed by atoms with E-state index in [1.165, 1.54) is 12.1 Å². The van der Waals surface area contributed by atoms with Crippen molar-refractivity contribution in [3.63, 3.8) is 0 Å². The van der Waals surface area contributed by atoms with E-state index in [2.05, 4.69) is 14.5 Å². The van der Waals surface area contributed by atoms with E-state index in [9.17, 15) is 18.4 Å². The molecule has 2 aromatic heterocycles. The topological polar surface area (TPSA) is 81.3 Å². The van der Waals surface area contributed by atoms with Crippen LogP contribution in [0, 0.1) is 20.8 Å². The number of nitrogens with one attached hydrogen (secondary N) is 1. The average molecular weight is 452 g/mol. The molecule has 33 heavy (non-hydrogen) atoms. The summed E-state index contributed by atoms with van der Waals surface area (Å²) in [5.74, 6) is -0.118. The van der Waals surface area contributed by atoms with Gasteiger partial charge < -0.3 is 14.5 Å². The number of hydrogen-bond acceptors (Lipinski definition) is 5. The molecule has 0 atom stereocenters. The Morgan fingerprint density at radius 3 is 2.48 bits per heavy atom. The quantitative estimate of drug-likeness (QED) is 0.615. The second-order valence-electron chi connectivity index (χ2n) is 8.82. The summed E-state index contributed by atoms with van der Waals surface area (Å²) in [6.45, 7) is 5.64. The van der Waals surface area contributed by atoms with Gasteiger partial charge in [0.2, 0.25) is 0 Å². The summed E-state index contributed by atoms with van der Waals surface area (Å²) in [7, 11) is 0. The fraction of sp³-hybridized carbons (Fsp3) is 0.320. The van der Waals surface area contributed by atoms with Gasteiger partial charge >= 0.3 is 6.29 Å². The second-order valence-corrected chi connectivity index (χ2v) is 8.82. The van der Waals surface area contributed by atoms with Crippen LogP contribution in [0.5, 0.6) is 11.5 Å². The number of fused-ring (bicyclic) bond motifs is 1. The molecule has 5 rings (SSSR count). The van der Waals surface area contributed by atoms with Crippen LogP contribution in [0.1, 0.15) is 40.8 Å². The van der Waals surface area contributed by atoms with Crippen molar-refractivity contribution < 1.29 is 23.0 Å². The smallest absolute Gasteiger partial charge is 0.395 e. The fourth-order valence-electron chi connectivity index (χ4n) is 4.34. The molecule has 0 radical (unpaired) electrons. The minimum Gasteiger partial charge on any atom is -0.395 e. The molecule has 1 aromatic carbocycles. The van der Waals surface area contributed by atoms with Crippen LogP contribution in [0.15, 0.2) is 41.3 Å². The summed E-state index contributed by atoms with van der Waals surface area (Å²) in [5.41, 5.74) is 4.42. The van der Waals surface area contributed by atoms with Crippen molar-refractivity contribution in [3.05, 3.63) is 74.8 Å². The molecule has 1 aliphatic heterocycles. The monoisotopic (exact) mass is 452 g/mol. The van der Waals surface area contributed by atoms with Gasteiger partial charge in [-0.15, -0.1) is 8.78 Å². The third-order valence-electron chi connectivity index (χ3n) is 6.53. The summed E-state index contributed by atoms with van der Waals surface area (Å²) in [6, 6.07) is 8.22. The van der Waals surface area contributed by atoms with Crippen molar-refractivity contribution in [1.82, 2.24) is 9.97 Å². The van der Waals surface area contributed by atoms with Gasteiger partial charge in [0.15, 0.2) is 11.5 Å². The van der Waals surface area contributed by atoms with E-state index in [4.69, 9.17) is 4.98 Å². The Morgan fingerprint density at radius 1 is 1.06 bits per heavy atom.